The molecule has 0 aromatic heterocycles. The van der Waals surface area contributed by atoms with E-state index in [1.807, 2.05) is 30.3 Å². The molecule has 134 valence electrons. The van der Waals surface area contributed by atoms with E-state index in [0.29, 0.717) is 6.61 Å². The van der Waals surface area contributed by atoms with Gasteiger partial charge in [-0.3, -0.25) is 0 Å². The van der Waals surface area contributed by atoms with Gasteiger partial charge in [-0.25, -0.2) is 0 Å². The number of aliphatic hydroxyl groups is 1. The fourth-order valence-electron chi connectivity index (χ4n) is 4.30. The summed E-state index contributed by atoms with van der Waals surface area (Å²) in [6.45, 7) is 3.77. The molecule has 1 aliphatic carbocycles. The third-order valence-electron chi connectivity index (χ3n) is 5.65. The van der Waals surface area contributed by atoms with Crippen molar-refractivity contribution in [3.63, 3.8) is 0 Å². The third-order valence-corrected chi connectivity index (χ3v) is 5.65. The lowest BCUT2D eigenvalue weighted by molar-refractivity contribution is -0.330. The summed E-state index contributed by atoms with van der Waals surface area (Å²) in [5, 5.41) is 11.5. The molecule has 1 atom stereocenters. The molecule has 1 saturated carbocycles. The summed E-state index contributed by atoms with van der Waals surface area (Å²) in [7, 11) is 1.66. The highest BCUT2D eigenvalue weighted by molar-refractivity contribution is 5.24. The van der Waals surface area contributed by atoms with E-state index in [4.69, 9.17) is 9.47 Å². The van der Waals surface area contributed by atoms with Crippen molar-refractivity contribution in [3.05, 3.63) is 35.9 Å². The van der Waals surface area contributed by atoms with Crippen LogP contribution in [0.4, 0.5) is 0 Å². The minimum absolute atomic E-state index is 0.574. The van der Waals surface area contributed by atoms with Crippen molar-refractivity contribution in [3.8, 4) is 0 Å². The molecule has 2 aliphatic rings. The van der Waals surface area contributed by atoms with Crippen molar-refractivity contribution in [2.75, 3.05) is 33.4 Å². The zero-order chi connectivity index (χ0) is 16.9. The largest absolute Gasteiger partial charge is 0.384 e. The molecule has 0 radical (unpaired) electrons. The van der Waals surface area contributed by atoms with Gasteiger partial charge in [-0.1, -0.05) is 49.6 Å². The molecule has 3 rings (SSSR count). The van der Waals surface area contributed by atoms with Crippen LogP contribution in [0.1, 0.15) is 50.5 Å². The van der Waals surface area contributed by atoms with Gasteiger partial charge in [-0.15, -0.1) is 0 Å². The topological polar surface area (TPSA) is 41.9 Å². The maximum atomic E-state index is 11.5. The number of hydrogen-bond donors (Lipinski definition) is 1. The van der Waals surface area contributed by atoms with Gasteiger partial charge in [0.1, 0.15) is 5.60 Å². The number of nitrogens with zero attached hydrogens (tertiary/aromatic N) is 1. The number of methoxy groups -OCH3 is 1. The van der Waals surface area contributed by atoms with E-state index in [1.54, 1.807) is 7.11 Å². The molecule has 1 heterocycles. The smallest absolute Gasteiger partial charge is 0.224 e. The van der Waals surface area contributed by atoms with Gasteiger partial charge in [0, 0.05) is 19.2 Å². The number of benzene rings is 1. The Kier molecular flexibility index (Phi) is 5.93. The van der Waals surface area contributed by atoms with E-state index in [1.165, 1.54) is 19.3 Å². The summed E-state index contributed by atoms with van der Waals surface area (Å²) in [5.74, 6) is -1.07. The second kappa shape index (κ2) is 7.96. The van der Waals surface area contributed by atoms with Crippen molar-refractivity contribution in [1.82, 2.24) is 4.90 Å². The number of ether oxygens (including phenoxy) is 2. The van der Waals surface area contributed by atoms with Crippen LogP contribution in [0.5, 0.6) is 0 Å². The minimum Gasteiger partial charge on any atom is -0.384 e. The van der Waals surface area contributed by atoms with E-state index in [2.05, 4.69) is 4.90 Å². The first-order valence-electron chi connectivity index (χ1n) is 9.40. The summed E-state index contributed by atoms with van der Waals surface area (Å²) < 4.78 is 12.3. The lowest BCUT2D eigenvalue weighted by Gasteiger charge is -2.48. The summed E-state index contributed by atoms with van der Waals surface area (Å²) in [6, 6.07) is 9.97. The molecule has 1 aliphatic heterocycles. The molecule has 2 fully saturated rings. The maximum Gasteiger partial charge on any atom is 0.224 e. The fourth-order valence-corrected chi connectivity index (χ4v) is 4.30. The highest BCUT2D eigenvalue weighted by Crippen LogP contribution is 2.46. The summed E-state index contributed by atoms with van der Waals surface area (Å²) in [5.41, 5.74) is -0.0508. The molecular formula is C20H31NO3. The standard InChI is InChI=1S/C20H31NO3/c1-23-20(18-10-4-2-5-11-18,19(22)12-6-3-7-13-19)24-17-16-21-14-8-9-15-21/h2,4-5,10-11,22H,3,6-9,12-17H2,1H3. The molecule has 4 heteroatoms. The normalized spacial score (nSPS) is 23.9. The molecule has 1 unspecified atom stereocenters. The Bertz CT molecular complexity index is 495. The fraction of sp³-hybridized carbons (Fsp3) is 0.700. The average Bonchev–Trinajstić information content (AvgIpc) is 3.13. The van der Waals surface area contributed by atoms with Crippen LogP contribution in [-0.2, 0) is 15.3 Å². The molecule has 0 bridgehead atoms. The molecule has 0 amide bonds. The van der Waals surface area contributed by atoms with Crippen molar-refractivity contribution in [1.29, 1.82) is 0 Å². The summed E-state index contributed by atoms with van der Waals surface area (Å²) in [6.07, 6.45) is 7.20. The monoisotopic (exact) mass is 333 g/mol. The van der Waals surface area contributed by atoms with Gasteiger partial charge in [0.15, 0.2) is 0 Å². The molecule has 1 aromatic rings. The van der Waals surface area contributed by atoms with E-state index < -0.39 is 11.4 Å². The highest BCUT2D eigenvalue weighted by Gasteiger charge is 2.53. The van der Waals surface area contributed by atoms with Crippen LogP contribution in [0.2, 0.25) is 0 Å². The second-order valence-electron chi connectivity index (χ2n) is 7.18. The van der Waals surface area contributed by atoms with E-state index >= 15 is 0 Å². The van der Waals surface area contributed by atoms with Crippen LogP contribution in [0, 0.1) is 0 Å². The van der Waals surface area contributed by atoms with Gasteiger partial charge in [0.2, 0.25) is 5.79 Å². The number of likely N-dealkylation sites (tertiary alicyclic amines) is 1. The molecule has 0 spiro atoms. The molecule has 24 heavy (non-hydrogen) atoms. The Morgan fingerprint density at radius 1 is 1.04 bits per heavy atom. The maximum absolute atomic E-state index is 11.5. The van der Waals surface area contributed by atoms with E-state index in [0.717, 1.165) is 50.9 Å². The third kappa shape index (κ3) is 3.52. The summed E-state index contributed by atoms with van der Waals surface area (Å²) in [4.78, 5) is 2.43. The van der Waals surface area contributed by atoms with Gasteiger partial charge in [0.25, 0.3) is 0 Å². The zero-order valence-electron chi connectivity index (χ0n) is 14.9. The Labute approximate surface area is 145 Å². The Hall–Kier alpha value is -0.940. The second-order valence-corrected chi connectivity index (χ2v) is 7.18. The van der Waals surface area contributed by atoms with Gasteiger partial charge in [-0.05, 0) is 38.8 Å². The minimum atomic E-state index is -1.07. The molecule has 1 aromatic carbocycles. The van der Waals surface area contributed by atoms with Gasteiger partial charge < -0.3 is 19.5 Å². The van der Waals surface area contributed by atoms with Crippen LogP contribution < -0.4 is 0 Å². The zero-order valence-corrected chi connectivity index (χ0v) is 14.9. The Morgan fingerprint density at radius 3 is 2.33 bits per heavy atom. The van der Waals surface area contributed by atoms with Crippen molar-refractivity contribution in [2.45, 2.75) is 56.3 Å². The predicted octanol–water partition coefficient (Wildman–Crippen LogP) is 3.29. The number of hydrogen-bond acceptors (Lipinski definition) is 4. The number of rotatable bonds is 7. The van der Waals surface area contributed by atoms with Crippen molar-refractivity contribution in [2.24, 2.45) is 0 Å². The van der Waals surface area contributed by atoms with Gasteiger partial charge >= 0.3 is 0 Å². The van der Waals surface area contributed by atoms with Crippen molar-refractivity contribution < 1.29 is 14.6 Å². The van der Waals surface area contributed by atoms with Crippen LogP contribution in [0.25, 0.3) is 0 Å². The average molecular weight is 333 g/mol. The predicted molar refractivity (Wildman–Crippen MR) is 94.8 cm³/mol. The Balaban J connectivity index is 1.81. The molecular weight excluding hydrogens is 302 g/mol. The Morgan fingerprint density at radius 2 is 1.71 bits per heavy atom. The molecule has 1 saturated heterocycles. The molecule has 4 nitrogen and oxygen atoms in total. The summed E-state index contributed by atoms with van der Waals surface area (Å²) >= 11 is 0. The lowest BCUT2D eigenvalue weighted by Crippen LogP contribution is -2.56. The van der Waals surface area contributed by atoms with E-state index in [-0.39, 0.29) is 0 Å². The quantitative estimate of drug-likeness (QED) is 0.778. The van der Waals surface area contributed by atoms with Crippen LogP contribution in [-0.4, -0.2) is 49.0 Å². The van der Waals surface area contributed by atoms with Crippen LogP contribution >= 0.6 is 0 Å². The first-order valence-corrected chi connectivity index (χ1v) is 9.40. The van der Waals surface area contributed by atoms with Crippen LogP contribution in [0.3, 0.4) is 0 Å². The SMILES string of the molecule is COC(OCCN1CCCC1)(c1ccccc1)C1(O)CCCCC1. The van der Waals surface area contributed by atoms with Crippen LogP contribution in [0.15, 0.2) is 30.3 Å². The van der Waals surface area contributed by atoms with Crippen molar-refractivity contribution >= 4 is 0 Å². The lowest BCUT2D eigenvalue weighted by atomic mass is 9.75. The molecule has 1 N–H and O–H groups in total. The first kappa shape index (κ1) is 17.9. The van der Waals surface area contributed by atoms with Gasteiger partial charge in [0.05, 0.1) is 6.61 Å². The van der Waals surface area contributed by atoms with E-state index in [9.17, 15) is 5.11 Å². The van der Waals surface area contributed by atoms with Gasteiger partial charge in [-0.2, -0.15) is 0 Å². The highest BCUT2D eigenvalue weighted by atomic mass is 16.7. The first-order chi connectivity index (χ1) is 11.7.